The molecule has 0 amide bonds. The van der Waals surface area contributed by atoms with Gasteiger partial charge in [0, 0.05) is 37.9 Å². The van der Waals surface area contributed by atoms with Gasteiger partial charge in [0.1, 0.15) is 5.75 Å². The van der Waals surface area contributed by atoms with Gasteiger partial charge in [-0.05, 0) is 30.7 Å². The number of thiazole rings is 1. The van der Waals surface area contributed by atoms with E-state index in [9.17, 15) is 0 Å². The average molecular weight is 339 g/mol. The van der Waals surface area contributed by atoms with Crippen LogP contribution < -0.4 is 14.5 Å². The van der Waals surface area contributed by atoms with Crippen LogP contribution in [0.25, 0.3) is 10.2 Å². The van der Waals surface area contributed by atoms with Crippen LogP contribution >= 0.6 is 11.3 Å². The number of methoxy groups -OCH3 is 1. The highest BCUT2D eigenvalue weighted by molar-refractivity contribution is 7.22. The zero-order chi connectivity index (χ0) is 16.5. The first-order valence-corrected chi connectivity index (χ1v) is 9.06. The van der Waals surface area contributed by atoms with E-state index in [0.717, 1.165) is 42.6 Å². The van der Waals surface area contributed by atoms with E-state index < -0.39 is 0 Å². The van der Waals surface area contributed by atoms with Crippen LogP contribution in [0.15, 0.2) is 42.5 Å². The van der Waals surface area contributed by atoms with Crippen molar-refractivity contribution in [2.24, 2.45) is 0 Å². The normalized spacial score (nSPS) is 15.1. The van der Waals surface area contributed by atoms with Gasteiger partial charge in [0.25, 0.3) is 0 Å². The molecule has 1 saturated heterocycles. The van der Waals surface area contributed by atoms with Crippen LogP contribution in [0.1, 0.15) is 5.56 Å². The number of hydrogen-bond acceptors (Lipinski definition) is 5. The van der Waals surface area contributed by atoms with Gasteiger partial charge in [-0.25, -0.2) is 4.98 Å². The Morgan fingerprint density at radius 1 is 1.00 bits per heavy atom. The standard InChI is InChI=1S/C19H21N3OS/c1-14-5-3-8-17-18(14)20-19(24-17)22-11-9-21(10-12-22)15-6-4-7-16(13-15)23-2/h3-8,13H,9-12H2,1-2H3. The van der Waals surface area contributed by atoms with Crippen molar-refractivity contribution in [1.82, 2.24) is 4.98 Å². The molecule has 0 saturated carbocycles. The second-order valence-corrected chi connectivity index (χ2v) is 7.10. The SMILES string of the molecule is COc1cccc(N2CCN(c3nc4c(C)cccc4s3)CC2)c1. The largest absolute Gasteiger partial charge is 0.497 e. The molecule has 0 aliphatic carbocycles. The molecule has 1 aliphatic rings. The fourth-order valence-corrected chi connectivity index (χ4v) is 4.27. The number of nitrogens with zero attached hydrogens (tertiary/aromatic N) is 3. The van der Waals surface area contributed by atoms with E-state index in [1.165, 1.54) is 16.0 Å². The summed E-state index contributed by atoms with van der Waals surface area (Å²) in [5.74, 6) is 0.913. The molecular weight excluding hydrogens is 318 g/mol. The molecule has 1 aromatic heterocycles. The Kier molecular flexibility index (Phi) is 4.02. The number of para-hydroxylation sites is 1. The third-order valence-electron chi connectivity index (χ3n) is 4.58. The Labute approximate surface area is 146 Å². The molecule has 5 heteroatoms. The molecule has 2 heterocycles. The van der Waals surface area contributed by atoms with Crippen molar-refractivity contribution >= 4 is 32.4 Å². The number of anilines is 2. The van der Waals surface area contributed by atoms with E-state index in [1.807, 2.05) is 6.07 Å². The molecule has 0 unspecified atom stereocenters. The molecule has 0 radical (unpaired) electrons. The molecule has 0 bridgehead atoms. The maximum atomic E-state index is 5.34. The first-order valence-electron chi connectivity index (χ1n) is 8.25. The number of aryl methyl sites for hydroxylation is 1. The van der Waals surface area contributed by atoms with Crippen molar-refractivity contribution in [3.05, 3.63) is 48.0 Å². The van der Waals surface area contributed by atoms with E-state index in [-0.39, 0.29) is 0 Å². The van der Waals surface area contributed by atoms with Crippen molar-refractivity contribution in [3.8, 4) is 5.75 Å². The molecular formula is C19H21N3OS. The maximum Gasteiger partial charge on any atom is 0.186 e. The number of fused-ring (bicyclic) bond motifs is 1. The van der Waals surface area contributed by atoms with Gasteiger partial charge in [-0.3, -0.25) is 0 Å². The van der Waals surface area contributed by atoms with E-state index in [1.54, 1.807) is 18.4 Å². The molecule has 4 rings (SSSR count). The maximum absolute atomic E-state index is 5.34. The summed E-state index contributed by atoms with van der Waals surface area (Å²) < 4.78 is 6.61. The monoisotopic (exact) mass is 339 g/mol. The van der Waals surface area contributed by atoms with Crippen molar-refractivity contribution in [3.63, 3.8) is 0 Å². The summed E-state index contributed by atoms with van der Waals surface area (Å²) in [6.07, 6.45) is 0. The highest BCUT2D eigenvalue weighted by Crippen LogP contribution is 2.31. The summed E-state index contributed by atoms with van der Waals surface area (Å²) in [6.45, 7) is 6.13. The lowest BCUT2D eigenvalue weighted by Crippen LogP contribution is -2.46. The molecule has 3 aromatic rings. The fourth-order valence-electron chi connectivity index (χ4n) is 3.17. The summed E-state index contributed by atoms with van der Waals surface area (Å²) in [5.41, 5.74) is 3.63. The number of aromatic nitrogens is 1. The van der Waals surface area contributed by atoms with Gasteiger partial charge in [-0.2, -0.15) is 0 Å². The van der Waals surface area contributed by atoms with Gasteiger partial charge < -0.3 is 14.5 Å². The van der Waals surface area contributed by atoms with Gasteiger partial charge in [0.2, 0.25) is 0 Å². The second-order valence-electron chi connectivity index (χ2n) is 6.09. The molecule has 124 valence electrons. The number of ether oxygens (including phenoxy) is 1. The average Bonchev–Trinajstić information content (AvgIpc) is 3.08. The predicted octanol–water partition coefficient (Wildman–Crippen LogP) is 3.94. The highest BCUT2D eigenvalue weighted by Gasteiger charge is 2.20. The molecule has 0 N–H and O–H groups in total. The molecule has 1 aliphatic heterocycles. The Morgan fingerprint density at radius 3 is 2.50 bits per heavy atom. The fraction of sp³-hybridized carbons (Fsp3) is 0.316. The van der Waals surface area contributed by atoms with Crippen molar-refractivity contribution < 1.29 is 4.74 Å². The van der Waals surface area contributed by atoms with E-state index >= 15 is 0 Å². The minimum Gasteiger partial charge on any atom is -0.497 e. The third-order valence-corrected chi connectivity index (χ3v) is 5.66. The molecule has 0 atom stereocenters. The lowest BCUT2D eigenvalue weighted by Gasteiger charge is -2.36. The van der Waals surface area contributed by atoms with Crippen molar-refractivity contribution in [2.75, 3.05) is 43.1 Å². The smallest absolute Gasteiger partial charge is 0.186 e. The number of benzene rings is 2. The Balaban J connectivity index is 1.49. The number of hydrogen-bond donors (Lipinski definition) is 0. The lowest BCUT2D eigenvalue weighted by atomic mass is 10.2. The first kappa shape index (κ1) is 15.3. The molecule has 2 aromatic carbocycles. The second kappa shape index (κ2) is 6.32. The van der Waals surface area contributed by atoms with Gasteiger partial charge in [0.15, 0.2) is 5.13 Å². The highest BCUT2D eigenvalue weighted by atomic mass is 32.1. The topological polar surface area (TPSA) is 28.6 Å². The van der Waals surface area contributed by atoms with Gasteiger partial charge >= 0.3 is 0 Å². The van der Waals surface area contributed by atoms with E-state index in [0.29, 0.717) is 0 Å². The first-order chi connectivity index (χ1) is 11.7. The molecule has 24 heavy (non-hydrogen) atoms. The summed E-state index contributed by atoms with van der Waals surface area (Å²) in [4.78, 5) is 9.68. The summed E-state index contributed by atoms with van der Waals surface area (Å²) in [7, 11) is 1.71. The minimum absolute atomic E-state index is 0.913. The number of rotatable bonds is 3. The van der Waals surface area contributed by atoms with Crippen LogP contribution in [0.3, 0.4) is 0 Å². The lowest BCUT2D eigenvalue weighted by molar-refractivity contribution is 0.414. The van der Waals surface area contributed by atoms with Crippen LogP contribution in [-0.2, 0) is 0 Å². The van der Waals surface area contributed by atoms with Gasteiger partial charge in [0.05, 0.1) is 17.3 Å². The van der Waals surface area contributed by atoms with Crippen LogP contribution in [0.5, 0.6) is 5.75 Å². The zero-order valence-electron chi connectivity index (χ0n) is 14.0. The number of piperazine rings is 1. The summed E-state index contributed by atoms with van der Waals surface area (Å²) in [5, 5.41) is 1.14. The van der Waals surface area contributed by atoms with Crippen LogP contribution in [0.4, 0.5) is 10.8 Å². The van der Waals surface area contributed by atoms with Gasteiger partial charge in [-0.15, -0.1) is 0 Å². The summed E-state index contributed by atoms with van der Waals surface area (Å²) >= 11 is 1.80. The Morgan fingerprint density at radius 2 is 1.75 bits per heavy atom. The Bertz CT molecular complexity index is 853. The van der Waals surface area contributed by atoms with Gasteiger partial charge in [-0.1, -0.05) is 29.5 Å². The van der Waals surface area contributed by atoms with Crippen molar-refractivity contribution in [2.45, 2.75) is 6.92 Å². The zero-order valence-corrected chi connectivity index (χ0v) is 14.8. The van der Waals surface area contributed by atoms with Crippen LogP contribution in [-0.4, -0.2) is 38.3 Å². The quantitative estimate of drug-likeness (QED) is 0.723. The predicted molar refractivity (Wildman–Crippen MR) is 102 cm³/mol. The molecule has 1 fully saturated rings. The Hall–Kier alpha value is -2.27. The minimum atomic E-state index is 0.913. The third kappa shape index (κ3) is 2.80. The molecule has 0 spiro atoms. The van der Waals surface area contributed by atoms with Crippen molar-refractivity contribution in [1.29, 1.82) is 0 Å². The molecule has 4 nitrogen and oxygen atoms in total. The van der Waals surface area contributed by atoms with Crippen LogP contribution in [0.2, 0.25) is 0 Å². The van der Waals surface area contributed by atoms with Crippen LogP contribution in [0, 0.1) is 6.92 Å². The van der Waals surface area contributed by atoms with E-state index in [2.05, 4.69) is 53.1 Å². The summed E-state index contributed by atoms with van der Waals surface area (Å²) in [6, 6.07) is 14.7. The van der Waals surface area contributed by atoms with E-state index in [4.69, 9.17) is 9.72 Å².